The topological polar surface area (TPSA) is 78.7 Å². The summed E-state index contributed by atoms with van der Waals surface area (Å²) in [5.41, 5.74) is 2.21. The molecule has 7 heteroatoms. The number of carboxylic acid groups (broad SMARTS) is 1. The summed E-state index contributed by atoms with van der Waals surface area (Å²) in [4.78, 5) is 28.3. The molecule has 0 bridgehead atoms. The SMILES string of the molecule is Cc1c(CN2CC3(CCN(C(=O)C4CC4)CC3)C[C@@H]2C(=O)O)cnn1C. The van der Waals surface area contributed by atoms with Crippen molar-refractivity contribution in [1.82, 2.24) is 19.6 Å². The molecular weight excluding hydrogens is 332 g/mol. The molecule has 0 unspecified atom stereocenters. The molecule has 1 saturated carbocycles. The average molecular weight is 360 g/mol. The summed E-state index contributed by atoms with van der Waals surface area (Å²) < 4.78 is 1.83. The van der Waals surface area contributed by atoms with Crippen LogP contribution in [0.1, 0.15) is 43.4 Å². The first kappa shape index (κ1) is 17.5. The van der Waals surface area contributed by atoms with Gasteiger partial charge in [0.1, 0.15) is 6.04 Å². The number of aryl methyl sites for hydroxylation is 1. The minimum Gasteiger partial charge on any atom is -0.480 e. The number of aromatic nitrogens is 2. The Kier molecular flexibility index (Phi) is 4.29. The average Bonchev–Trinajstić information content (AvgIpc) is 3.35. The zero-order valence-electron chi connectivity index (χ0n) is 15.6. The lowest BCUT2D eigenvalue weighted by Crippen LogP contribution is -2.44. The summed E-state index contributed by atoms with van der Waals surface area (Å²) in [7, 11) is 1.91. The van der Waals surface area contributed by atoms with Gasteiger partial charge in [-0.1, -0.05) is 0 Å². The first-order valence-electron chi connectivity index (χ1n) is 9.62. The van der Waals surface area contributed by atoms with Crippen molar-refractivity contribution < 1.29 is 14.7 Å². The molecule has 1 aromatic rings. The minimum atomic E-state index is -0.736. The predicted molar refractivity (Wildman–Crippen MR) is 95.4 cm³/mol. The van der Waals surface area contributed by atoms with E-state index in [4.69, 9.17) is 0 Å². The van der Waals surface area contributed by atoms with Gasteiger partial charge in [0.15, 0.2) is 0 Å². The van der Waals surface area contributed by atoms with Gasteiger partial charge in [-0.15, -0.1) is 0 Å². The summed E-state index contributed by atoms with van der Waals surface area (Å²) in [6.07, 6.45) is 6.44. The van der Waals surface area contributed by atoms with Crippen molar-refractivity contribution in [3.05, 3.63) is 17.5 Å². The number of rotatable bonds is 4. The number of aliphatic carboxylic acids is 1. The Morgan fingerprint density at radius 3 is 2.54 bits per heavy atom. The molecule has 1 aromatic heterocycles. The van der Waals surface area contributed by atoms with E-state index in [0.29, 0.717) is 18.9 Å². The van der Waals surface area contributed by atoms with Crippen molar-refractivity contribution >= 4 is 11.9 Å². The number of carbonyl (C=O) groups excluding carboxylic acids is 1. The number of hydrogen-bond acceptors (Lipinski definition) is 4. The van der Waals surface area contributed by atoms with Crippen LogP contribution in [0.2, 0.25) is 0 Å². The van der Waals surface area contributed by atoms with Gasteiger partial charge in [0.05, 0.1) is 6.20 Å². The lowest BCUT2D eigenvalue weighted by Gasteiger charge is -2.39. The highest BCUT2D eigenvalue weighted by Gasteiger charge is 2.49. The van der Waals surface area contributed by atoms with Gasteiger partial charge < -0.3 is 10.0 Å². The molecule has 2 saturated heterocycles. The zero-order valence-corrected chi connectivity index (χ0v) is 15.6. The highest BCUT2D eigenvalue weighted by atomic mass is 16.4. The Balaban J connectivity index is 1.45. The van der Waals surface area contributed by atoms with Gasteiger partial charge >= 0.3 is 5.97 Å². The molecule has 0 radical (unpaired) electrons. The monoisotopic (exact) mass is 360 g/mol. The van der Waals surface area contributed by atoms with Crippen LogP contribution in [0, 0.1) is 18.3 Å². The second kappa shape index (κ2) is 6.37. The highest BCUT2D eigenvalue weighted by molar-refractivity contribution is 5.81. The van der Waals surface area contributed by atoms with Crippen molar-refractivity contribution in [2.24, 2.45) is 18.4 Å². The van der Waals surface area contributed by atoms with Crippen molar-refractivity contribution in [1.29, 1.82) is 0 Å². The molecule has 1 atom stereocenters. The largest absolute Gasteiger partial charge is 0.480 e. The second-order valence-corrected chi connectivity index (χ2v) is 8.44. The Labute approximate surface area is 153 Å². The van der Waals surface area contributed by atoms with Gasteiger partial charge in [-0.25, -0.2) is 0 Å². The number of piperidine rings is 1. The minimum absolute atomic E-state index is 0.0273. The molecule has 7 nitrogen and oxygen atoms in total. The third-order valence-electron chi connectivity index (χ3n) is 6.66. The molecule has 3 heterocycles. The maximum absolute atomic E-state index is 12.3. The van der Waals surface area contributed by atoms with Gasteiger partial charge in [0, 0.05) is 50.4 Å². The fourth-order valence-corrected chi connectivity index (χ4v) is 4.62. The number of likely N-dealkylation sites (tertiary alicyclic amines) is 2. The third-order valence-corrected chi connectivity index (χ3v) is 6.66. The van der Waals surface area contributed by atoms with Crippen LogP contribution < -0.4 is 0 Å². The summed E-state index contributed by atoms with van der Waals surface area (Å²) in [6, 6.07) is -0.444. The molecule has 4 rings (SSSR count). The van der Waals surface area contributed by atoms with E-state index in [0.717, 1.165) is 56.6 Å². The first-order valence-corrected chi connectivity index (χ1v) is 9.62. The van der Waals surface area contributed by atoms with Gasteiger partial charge in [-0.3, -0.25) is 19.2 Å². The fourth-order valence-electron chi connectivity index (χ4n) is 4.62. The van der Waals surface area contributed by atoms with E-state index in [1.807, 2.05) is 29.7 Å². The van der Waals surface area contributed by atoms with E-state index in [1.165, 1.54) is 0 Å². The molecule has 142 valence electrons. The van der Waals surface area contributed by atoms with Crippen molar-refractivity contribution in [3.8, 4) is 0 Å². The van der Waals surface area contributed by atoms with Crippen molar-refractivity contribution in [2.45, 2.75) is 51.6 Å². The van der Waals surface area contributed by atoms with Crippen LogP contribution in [0.15, 0.2) is 6.20 Å². The number of hydrogen-bond donors (Lipinski definition) is 1. The van der Waals surface area contributed by atoms with Crippen LogP contribution >= 0.6 is 0 Å². The highest BCUT2D eigenvalue weighted by Crippen LogP contribution is 2.45. The zero-order chi connectivity index (χ0) is 18.5. The standard InChI is InChI=1S/C19H28N4O3/c1-13-15(10-20-21(13)2)11-23-12-19(9-16(23)18(25)26)5-7-22(8-6-19)17(24)14-3-4-14/h10,14,16H,3-9,11-12H2,1-2H3,(H,25,26)/t16-/m1/s1. The molecule has 1 N–H and O–H groups in total. The van der Waals surface area contributed by atoms with E-state index >= 15 is 0 Å². The Bertz CT molecular complexity index is 716. The normalized spacial score (nSPS) is 25.8. The molecule has 3 fully saturated rings. The third kappa shape index (κ3) is 3.13. The molecular formula is C19H28N4O3. The van der Waals surface area contributed by atoms with E-state index in [9.17, 15) is 14.7 Å². The summed E-state index contributed by atoms with van der Waals surface area (Å²) in [5.74, 6) is -0.153. The van der Waals surface area contributed by atoms with E-state index < -0.39 is 12.0 Å². The Hall–Kier alpha value is -1.89. The summed E-state index contributed by atoms with van der Waals surface area (Å²) in [6.45, 7) is 5.00. The van der Waals surface area contributed by atoms with Crippen LogP contribution in [0.4, 0.5) is 0 Å². The van der Waals surface area contributed by atoms with Crippen LogP contribution in [-0.2, 0) is 23.2 Å². The molecule has 0 aromatic carbocycles. The number of carbonyl (C=O) groups is 2. The molecule has 3 aliphatic rings. The maximum atomic E-state index is 12.3. The maximum Gasteiger partial charge on any atom is 0.320 e. The summed E-state index contributed by atoms with van der Waals surface area (Å²) in [5, 5.41) is 14.0. The van der Waals surface area contributed by atoms with E-state index in [2.05, 4.69) is 10.00 Å². The molecule has 1 amide bonds. The Morgan fingerprint density at radius 2 is 2.00 bits per heavy atom. The van der Waals surface area contributed by atoms with Gasteiger partial charge in [0.2, 0.25) is 5.91 Å². The van der Waals surface area contributed by atoms with Crippen molar-refractivity contribution in [2.75, 3.05) is 19.6 Å². The lowest BCUT2D eigenvalue weighted by atomic mass is 9.76. The van der Waals surface area contributed by atoms with Crippen LogP contribution in [0.25, 0.3) is 0 Å². The number of nitrogens with zero attached hydrogens (tertiary/aromatic N) is 4. The smallest absolute Gasteiger partial charge is 0.320 e. The molecule has 26 heavy (non-hydrogen) atoms. The molecule has 1 aliphatic carbocycles. The lowest BCUT2D eigenvalue weighted by molar-refractivity contribution is -0.142. The van der Waals surface area contributed by atoms with Crippen LogP contribution in [-0.4, -0.2) is 62.2 Å². The van der Waals surface area contributed by atoms with Gasteiger partial charge in [-0.05, 0) is 44.4 Å². The van der Waals surface area contributed by atoms with Gasteiger partial charge in [-0.2, -0.15) is 5.10 Å². The predicted octanol–water partition coefficient (Wildman–Crippen LogP) is 1.41. The fraction of sp³-hybridized carbons (Fsp3) is 0.737. The molecule has 2 aliphatic heterocycles. The summed E-state index contributed by atoms with van der Waals surface area (Å²) >= 11 is 0. The van der Waals surface area contributed by atoms with Crippen molar-refractivity contribution in [3.63, 3.8) is 0 Å². The number of amides is 1. The Morgan fingerprint density at radius 1 is 1.31 bits per heavy atom. The second-order valence-electron chi connectivity index (χ2n) is 8.44. The molecule has 1 spiro atoms. The van der Waals surface area contributed by atoms with E-state index in [1.54, 1.807) is 0 Å². The van der Waals surface area contributed by atoms with Crippen LogP contribution in [0.5, 0.6) is 0 Å². The van der Waals surface area contributed by atoms with Gasteiger partial charge in [0.25, 0.3) is 0 Å². The van der Waals surface area contributed by atoms with Crippen LogP contribution in [0.3, 0.4) is 0 Å². The number of carboxylic acids is 1. The first-order chi connectivity index (χ1) is 12.4. The quantitative estimate of drug-likeness (QED) is 0.878. The van der Waals surface area contributed by atoms with E-state index in [-0.39, 0.29) is 11.3 Å².